The summed E-state index contributed by atoms with van der Waals surface area (Å²) in [5.74, 6) is 1.37. The van der Waals surface area contributed by atoms with Gasteiger partial charge in [-0.05, 0) is 50.4 Å². The van der Waals surface area contributed by atoms with Gasteiger partial charge in [0.25, 0.3) is 0 Å². The summed E-state index contributed by atoms with van der Waals surface area (Å²) in [6.45, 7) is 4.46. The monoisotopic (exact) mass is 263 g/mol. The minimum atomic E-state index is -0.713. The van der Waals surface area contributed by atoms with Crippen molar-refractivity contribution in [3.63, 3.8) is 0 Å². The Labute approximate surface area is 118 Å². The maximum Gasteiger partial charge on any atom is 0.0862 e. The predicted molar refractivity (Wildman–Crippen MR) is 77.5 cm³/mol. The number of hydrogen-bond acceptors (Lipinski definition) is 2. The molecular weight excluding hydrogens is 234 g/mol. The standard InChI is InChI=1S/C17H29NO/c1-3-5-15-6-4-9-17(19,11-8-15)16(13-18)10-7-14(2)12-16/h14-15,19H,3-12H2,1-2H3. The van der Waals surface area contributed by atoms with Crippen LogP contribution in [0.5, 0.6) is 0 Å². The van der Waals surface area contributed by atoms with Gasteiger partial charge in [-0.1, -0.05) is 39.5 Å². The first-order chi connectivity index (χ1) is 9.05. The SMILES string of the molecule is CCCC1CCCC(O)(C2(C#N)CCC(C)C2)CC1. The molecule has 2 saturated carbocycles. The van der Waals surface area contributed by atoms with Gasteiger partial charge in [0.05, 0.1) is 17.1 Å². The molecule has 2 rings (SSSR count). The molecule has 4 atom stereocenters. The zero-order chi connectivity index (χ0) is 13.9. The number of aliphatic hydroxyl groups is 1. The molecule has 0 spiro atoms. The topological polar surface area (TPSA) is 44.0 Å². The van der Waals surface area contributed by atoms with Crippen molar-refractivity contribution in [2.45, 2.75) is 83.7 Å². The second kappa shape index (κ2) is 5.83. The summed E-state index contributed by atoms with van der Waals surface area (Å²) in [4.78, 5) is 0. The van der Waals surface area contributed by atoms with Gasteiger partial charge in [0.1, 0.15) is 0 Å². The van der Waals surface area contributed by atoms with Gasteiger partial charge in [0, 0.05) is 0 Å². The van der Waals surface area contributed by atoms with E-state index in [2.05, 4.69) is 19.9 Å². The molecule has 0 aliphatic heterocycles. The lowest BCUT2D eigenvalue weighted by Gasteiger charge is -2.40. The van der Waals surface area contributed by atoms with Gasteiger partial charge in [-0.3, -0.25) is 0 Å². The molecule has 0 aromatic heterocycles. The third-order valence-corrected chi connectivity index (χ3v) is 5.73. The van der Waals surface area contributed by atoms with Crippen LogP contribution in [-0.2, 0) is 0 Å². The van der Waals surface area contributed by atoms with Crippen LogP contribution in [0.15, 0.2) is 0 Å². The number of hydrogen-bond donors (Lipinski definition) is 1. The molecule has 0 amide bonds. The summed E-state index contributed by atoms with van der Waals surface area (Å²) in [6.07, 6.45) is 10.6. The van der Waals surface area contributed by atoms with Gasteiger partial charge in [0.15, 0.2) is 0 Å². The van der Waals surface area contributed by atoms with E-state index >= 15 is 0 Å². The lowest BCUT2D eigenvalue weighted by molar-refractivity contribution is -0.0670. The molecule has 0 aromatic carbocycles. The van der Waals surface area contributed by atoms with Crippen LogP contribution in [-0.4, -0.2) is 10.7 Å². The van der Waals surface area contributed by atoms with Crippen molar-refractivity contribution in [3.05, 3.63) is 0 Å². The molecule has 1 N–H and O–H groups in total. The van der Waals surface area contributed by atoms with Crippen LogP contribution in [0.2, 0.25) is 0 Å². The van der Waals surface area contributed by atoms with E-state index in [1.807, 2.05) is 0 Å². The second-order valence-electron chi connectivity index (χ2n) is 7.16. The molecule has 19 heavy (non-hydrogen) atoms. The molecule has 0 saturated heterocycles. The highest BCUT2D eigenvalue weighted by atomic mass is 16.3. The first-order valence-corrected chi connectivity index (χ1v) is 8.19. The van der Waals surface area contributed by atoms with Crippen LogP contribution in [0.1, 0.15) is 78.1 Å². The smallest absolute Gasteiger partial charge is 0.0862 e. The average molecular weight is 263 g/mol. The Hall–Kier alpha value is -0.550. The van der Waals surface area contributed by atoms with Crippen LogP contribution in [0, 0.1) is 28.6 Å². The first kappa shape index (κ1) is 14.9. The molecule has 2 heteroatoms. The lowest BCUT2D eigenvalue weighted by Crippen LogP contribution is -2.46. The summed E-state index contributed by atoms with van der Waals surface area (Å²) in [5.41, 5.74) is -1.16. The van der Waals surface area contributed by atoms with Crippen molar-refractivity contribution in [1.82, 2.24) is 0 Å². The molecular formula is C17H29NO. The van der Waals surface area contributed by atoms with E-state index < -0.39 is 11.0 Å². The van der Waals surface area contributed by atoms with E-state index in [1.165, 1.54) is 19.3 Å². The largest absolute Gasteiger partial charge is 0.388 e. The minimum Gasteiger partial charge on any atom is -0.388 e. The van der Waals surface area contributed by atoms with E-state index in [4.69, 9.17) is 0 Å². The Morgan fingerprint density at radius 3 is 2.58 bits per heavy atom. The van der Waals surface area contributed by atoms with E-state index in [-0.39, 0.29) is 0 Å². The van der Waals surface area contributed by atoms with Gasteiger partial charge < -0.3 is 5.11 Å². The third kappa shape index (κ3) is 2.82. The molecule has 0 heterocycles. The zero-order valence-corrected chi connectivity index (χ0v) is 12.6. The number of rotatable bonds is 3. The van der Waals surface area contributed by atoms with Crippen molar-refractivity contribution in [2.75, 3.05) is 0 Å². The van der Waals surface area contributed by atoms with Crippen molar-refractivity contribution in [2.24, 2.45) is 17.3 Å². The maximum absolute atomic E-state index is 11.2. The molecule has 2 aliphatic rings. The molecule has 0 bridgehead atoms. The van der Waals surface area contributed by atoms with Gasteiger partial charge in [-0.15, -0.1) is 0 Å². The fraction of sp³-hybridized carbons (Fsp3) is 0.941. The van der Waals surface area contributed by atoms with Crippen molar-refractivity contribution >= 4 is 0 Å². The maximum atomic E-state index is 11.2. The average Bonchev–Trinajstić information content (AvgIpc) is 2.69. The first-order valence-electron chi connectivity index (χ1n) is 8.19. The van der Waals surface area contributed by atoms with Gasteiger partial charge >= 0.3 is 0 Å². The van der Waals surface area contributed by atoms with E-state index in [0.717, 1.165) is 50.9 Å². The van der Waals surface area contributed by atoms with Gasteiger partial charge in [0.2, 0.25) is 0 Å². The second-order valence-corrected chi connectivity index (χ2v) is 7.16. The molecule has 0 radical (unpaired) electrons. The lowest BCUT2D eigenvalue weighted by atomic mass is 9.67. The summed E-state index contributed by atoms with van der Waals surface area (Å²) in [6, 6.07) is 2.54. The van der Waals surface area contributed by atoms with Crippen molar-refractivity contribution in [3.8, 4) is 6.07 Å². The van der Waals surface area contributed by atoms with Gasteiger partial charge in [-0.2, -0.15) is 5.26 Å². The highest BCUT2D eigenvalue weighted by Gasteiger charge is 2.53. The van der Waals surface area contributed by atoms with Gasteiger partial charge in [-0.25, -0.2) is 0 Å². The summed E-state index contributed by atoms with van der Waals surface area (Å²) >= 11 is 0. The Bertz CT molecular complexity index is 348. The fourth-order valence-corrected chi connectivity index (χ4v) is 4.49. The van der Waals surface area contributed by atoms with E-state index in [1.54, 1.807) is 0 Å². The Morgan fingerprint density at radius 2 is 2.00 bits per heavy atom. The molecule has 2 fully saturated rings. The summed E-state index contributed by atoms with van der Waals surface area (Å²) in [5, 5.41) is 20.9. The fourth-order valence-electron chi connectivity index (χ4n) is 4.49. The molecule has 108 valence electrons. The van der Waals surface area contributed by atoms with Crippen molar-refractivity contribution in [1.29, 1.82) is 5.26 Å². The van der Waals surface area contributed by atoms with Crippen LogP contribution >= 0.6 is 0 Å². The predicted octanol–water partition coefficient (Wildman–Crippen LogP) is 4.43. The van der Waals surface area contributed by atoms with Crippen LogP contribution in [0.3, 0.4) is 0 Å². The number of nitriles is 1. The quantitative estimate of drug-likeness (QED) is 0.766. The van der Waals surface area contributed by atoms with Crippen LogP contribution in [0.25, 0.3) is 0 Å². The third-order valence-electron chi connectivity index (χ3n) is 5.73. The van der Waals surface area contributed by atoms with Crippen LogP contribution in [0.4, 0.5) is 0 Å². The Morgan fingerprint density at radius 1 is 1.21 bits per heavy atom. The molecule has 0 aromatic rings. The molecule has 2 nitrogen and oxygen atoms in total. The Kier molecular flexibility index (Phi) is 4.56. The Balaban J connectivity index is 2.11. The van der Waals surface area contributed by atoms with E-state index in [0.29, 0.717) is 5.92 Å². The highest BCUT2D eigenvalue weighted by Crippen LogP contribution is 2.53. The van der Waals surface area contributed by atoms with Crippen molar-refractivity contribution < 1.29 is 5.11 Å². The molecule has 2 aliphatic carbocycles. The molecule has 4 unspecified atom stereocenters. The summed E-state index contributed by atoms with van der Waals surface area (Å²) in [7, 11) is 0. The van der Waals surface area contributed by atoms with Crippen LogP contribution < -0.4 is 0 Å². The minimum absolute atomic E-state index is 0.451. The summed E-state index contributed by atoms with van der Waals surface area (Å²) < 4.78 is 0. The number of nitrogens with zero attached hydrogens (tertiary/aromatic N) is 1. The zero-order valence-electron chi connectivity index (χ0n) is 12.6. The van der Waals surface area contributed by atoms with E-state index in [9.17, 15) is 10.4 Å². The normalized spacial score (nSPS) is 43.7. The highest BCUT2D eigenvalue weighted by molar-refractivity contribution is 5.15.